The van der Waals surface area contributed by atoms with Gasteiger partial charge >= 0.3 is 12.1 Å². The van der Waals surface area contributed by atoms with Crippen LogP contribution in [0.15, 0.2) is 23.1 Å². The fourth-order valence-corrected chi connectivity index (χ4v) is 2.33. The minimum Gasteiger partial charge on any atom is -0.478 e. The largest absolute Gasteiger partial charge is 0.478 e. The predicted molar refractivity (Wildman–Crippen MR) is 55.7 cm³/mol. The van der Waals surface area contributed by atoms with E-state index in [0.29, 0.717) is 0 Å². The van der Waals surface area contributed by atoms with Gasteiger partial charge in [-0.1, -0.05) is 11.6 Å². The first-order valence-corrected chi connectivity index (χ1v) is 5.88. The fourth-order valence-electron chi connectivity index (χ4n) is 1.05. The van der Waals surface area contributed by atoms with Crippen molar-refractivity contribution in [2.75, 3.05) is 5.75 Å². The van der Waals surface area contributed by atoms with E-state index >= 15 is 0 Å². The summed E-state index contributed by atoms with van der Waals surface area (Å²) in [6.07, 6.45) is -4.59. The number of hydrogen-bond acceptors (Lipinski definition) is 2. The van der Waals surface area contributed by atoms with E-state index in [9.17, 15) is 22.2 Å². The molecule has 3 nitrogen and oxygen atoms in total. The molecule has 1 aromatic carbocycles. The molecule has 1 atom stereocenters. The van der Waals surface area contributed by atoms with Crippen LogP contribution < -0.4 is 0 Å². The van der Waals surface area contributed by atoms with E-state index in [0.717, 1.165) is 18.2 Å². The Hall–Kier alpha value is -1.08. The topological polar surface area (TPSA) is 54.4 Å². The van der Waals surface area contributed by atoms with Crippen LogP contribution in [0.4, 0.5) is 13.2 Å². The second kappa shape index (κ2) is 5.05. The van der Waals surface area contributed by atoms with Gasteiger partial charge in [-0.05, 0) is 18.2 Å². The molecule has 0 saturated carbocycles. The van der Waals surface area contributed by atoms with Crippen molar-refractivity contribution in [2.24, 2.45) is 0 Å². The number of carboxylic acids is 1. The Bertz CT molecular complexity index is 473. The zero-order valence-corrected chi connectivity index (χ0v) is 9.70. The molecule has 1 N–H and O–H groups in total. The van der Waals surface area contributed by atoms with Gasteiger partial charge in [0.05, 0.1) is 16.4 Å². The van der Waals surface area contributed by atoms with E-state index in [1.54, 1.807) is 0 Å². The molecule has 1 rings (SSSR count). The molecular formula is C9H6ClF3O3S. The lowest BCUT2D eigenvalue weighted by atomic mass is 10.2. The van der Waals surface area contributed by atoms with Crippen molar-refractivity contribution in [3.8, 4) is 0 Å². The molecule has 1 unspecified atom stereocenters. The van der Waals surface area contributed by atoms with E-state index < -0.39 is 28.7 Å². The zero-order chi connectivity index (χ0) is 13.2. The van der Waals surface area contributed by atoms with E-state index in [2.05, 4.69) is 0 Å². The van der Waals surface area contributed by atoms with Crippen molar-refractivity contribution in [3.05, 3.63) is 28.8 Å². The Morgan fingerprint density at radius 1 is 1.35 bits per heavy atom. The summed E-state index contributed by atoms with van der Waals surface area (Å²) < 4.78 is 47.4. The first-order valence-electron chi connectivity index (χ1n) is 4.18. The van der Waals surface area contributed by atoms with E-state index in [4.69, 9.17) is 16.7 Å². The molecule has 94 valence electrons. The van der Waals surface area contributed by atoms with E-state index in [1.807, 2.05) is 0 Å². The SMILES string of the molecule is O=C(O)c1cc(Cl)cc(S(=O)CC(F)(F)F)c1. The van der Waals surface area contributed by atoms with E-state index in [1.165, 1.54) is 0 Å². The van der Waals surface area contributed by atoms with Crippen molar-refractivity contribution >= 4 is 28.4 Å². The van der Waals surface area contributed by atoms with Gasteiger partial charge in [-0.25, -0.2) is 4.79 Å². The minimum absolute atomic E-state index is 0.0737. The highest BCUT2D eigenvalue weighted by Crippen LogP contribution is 2.23. The average Bonchev–Trinajstić information content (AvgIpc) is 2.13. The van der Waals surface area contributed by atoms with Crippen molar-refractivity contribution in [1.82, 2.24) is 0 Å². The van der Waals surface area contributed by atoms with Gasteiger partial charge < -0.3 is 5.11 Å². The van der Waals surface area contributed by atoms with Crippen LogP contribution in [-0.2, 0) is 10.8 Å². The number of carboxylic acid groups (broad SMARTS) is 1. The number of aromatic carboxylic acids is 1. The summed E-state index contributed by atoms with van der Waals surface area (Å²) >= 11 is 5.53. The van der Waals surface area contributed by atoms with Gasteiger partial charge in [-0.2, -0.15) is 13.2 Å². The van der Waals surface area contributed by atoms with Gasteiger partial charge in [0, 0.05) is 9.92 Å². The van der Waals surface area contributed by atoms with Gasteiger partial charge in [-0.3, -0.25) is 4.21 Å². The number of rotatable bonds is 3. The third-order valence-corrected chi connectivity index (χ3v) is 3.25. The normalized spacial score (nSPS) is 13.4. The number of halogens is 4. The van der Waals surface area contributed by atoms with Crippen LogP contribution in [0.3, 0.4) is 0 Å². The molecule has 0 heterocycles. The highest BCUT2D eigenvalue weighted by Gasteiger charge is 2.31. The minimum atomic E-state index is -4.59. The Kier molecular flexibility index (Phi) is 4.16. The Morgan fingerprint density at radius 2 is 1.94 bits per heavy atom. The molecule has 1 aromatic rings. The smallest absolute Gasteiger partial charge is 0.400 e. The van der Waals surface area contributed by atoms with Crippen LogP contribution in [0.5, 0.6) is 0 Å². The summed E-state index contributed by atoms with van der Waals surface area (Å²) in [7, 11) is -2.36. The van der Waals surface area contributed by atoms with Crippen LogP contribution in [0.2, 0.25) is 5.02 Å². The molecule has 0 spiro atoms. The van der Waals surface area contributed by atoms with Crippen LogP contribution in [0.25, 0.3) is 0 Å². The van der Waals surface area contributed by atoms with Crippen molar-refractivity contribution in [3.63, 3.8) is 0 Å². The monoisotopic (exact) mass is 286 g/mol. The predicted octanol–water partition coefficient (Wildman–Crippen LogP) is 2.71. The average molecular weight is 287 g/mol. The Labute approximate surface area is 102 Å². The quantitative estimate of drug-likeness (QED) is 0.929. The number of carbonyl (C=O) groups is 1. The molecule has 0 saturated heterocycles. The Balaban J connectivity index is 3.06. The number of alkyl halides is 3. The maximum absolute atomic E-state index is 12.0. The molecular weight excluding hydrogens is 281 g/mol. The summed E-state index contributed by atoms with van der Waals surface area (Å²) in [5, 5.41) is 8.59. The molecule has 0 aliphatic heterocycles. The highest BCUT2D eigenvalue weighted by atomic mass is 35.5. The first kappa shape index (κ1) is 14.0. The third-order valence-electron chi connectivity index (χ3n) is 1.68. The van der Waals surface area contributed by atoms with Gasteiger partial charge in [-0.15, -0.1) is 0 Å². The second-order valence-corrected chi connectivity index (χ2v) is 4.97. The molecule has 17 heavy (non-hydrogen) atoms. The van der Waals surface area contributed by atoms with Gasteiger partial charge in [0.1, 0.15) is 5.75 Å². The fraction of sp³-hybridized carbons (Fsp3) is 0.222. The summed E-state index contributed by atoms with van der Waals surface area (Å²) in [5.41, 5.74) is -0.303. The van der Waals surface area contributed by atoms with Crippen molar-refractivity contribution < 1.29 is 27.3 Å². The summed E-state index contributed by atoms with van der Waals surface area (Å²) in [5.74, 6) is -2.88. The molecule has 8 heteroatoms. The van der Waals surface area contributed by atoms with Crippen LogP contribution >= 0.6 is 11.6 Å². The molecule has 0 fully saturated rings. The highest BCUT2D eigenvalue weighted by molar-refractivity contribution is 7.85. The standard InChI is InChI=1S/C9H6ClF3O3S/c10-6-1-5(8(14)15)2-7(3-6)17(16)4-9(11,12)13/h1-3H,4H2,(H,14,15). The second-order valence-electron chi connectivity index (χ2n) is 3.09. The summed E-state index contributed by atoms with van der Waals surface area (Å²) in [6, 6.07) is 3.03. The maximum Gasteiger partial charge on any atom is 0.400 e. The molecule has 0 amide bonds. The molecule has 0 aliphatic carbocycles. The van der Waals surface area contributed by atoms with Crippen molar-refractivity contribution in [1.29, 1.82) is 0 Å². The zero-order valence-electron chi connectivity index (χ0n) is 8.12. The lowest BCUT2D eigenvalue weighted by Gasteiger charge is -2.07. The lowest BCUT2D eigenvalue weighted by Crippen LogP contribution is -2.18. The molecule has 0 aliphatic rings. The van der Waals surface area contributed by atoms with Crippen molar-refractivity contribution in [2.45, 2.75) is 11.1 Å². The van der Waals surface area contributed by atoms with Crippen LogP contribution in [0.1, 0.15) is 10.4 Å². The first-order chi connectivity index (χ1) is 7.69. The van der Waals surface area contributed by atoms with Gasteiger partial charge in [0.15, 0.2) is 0 Å². The maximum atomic E-state index is 12.0. The Morgan fingerprint density at radius 3 is 2.41 bits per heavy atom. The molecule has 0 aromatic heterocycles. The summed E-state index contributed by atoms with van der Waals surface area (Å²) in [4.78, 5) is 10.4. The van der Waals surface area contributed by atoms with E-state index in [-0.39, 0.29) is 15.5 Å². The van der Waals surface area contributed by atoms with Gasteiger partial charge in [0.25, 0.3) is 0 Å². The molecule has 0 radical (unpaired) electrons. The summed E-state index contributed by atoms with van der Waals surface area (Å²) in [6.45, 7) is 0. The van der Waals surface area contributed by atoms with Gasteiger partial charge in [0.2, 0.25) is 0 Å². The third kappa shape index (κ3) is 4.35. The molecule has 0 bridgehead atoms. The number of hydrogen-bond donors (Lipinski definition) is 1. The van der Waals surface area contributed by atoms with Crippen LogP contribution in [-0.4, -0.2) is 27.2 Å². The number of benzene rings is 1. The lowest BCUT2D eigenvalue weighted by molar-refractivity contribution is -0.105. The van der Waals surface area contributed by atoms with Crippen LogP contribution in [0, 0.1) is 0 Å².